The fourth-order valence-corrected chi connectivity index (χ4v) is 4.47. The summed E-state index contributed by atoms with van der Waals surface area (Å²) in [6.45, 7) is 1.41. The van der Waals surface area contributed by atoms with E-state index in [2.05, 4.69) is 5.32 Å². The van der Waals surface area contributed by atoms with E-state index in [0.717, 1.165) is 18.4 Å². The molecule has 1 saturated carbocycles. The van der Waals surface area contributed by atoms with Gasteiger partial charge in [-0.15, -0.1) is 0 Å². The Morgan fingerprint density at radius 2 is 1.84 bits per heavy atom. The van der Waals surface area contributed by atoms with E-state index in [9.17, 15) is 9.59 Å². The number of benzene rings is 2. The number of methoxy groups -OCH3 is 2. The molecule has 0 bridgehead atoms. The number of carbonyl (C=O) groups excluding carboxylic acids is 2. The minimum Gasteiger partial charge on any atom is -0.493 e. The lowest BCUT2D eigenvalue weighted by Gasteiger charge is -2.21. The Labute approximate surface area is 187 Å². The third-order valence-electron chi connectivity index (χ3n) is 6.14. The van der Waals surface area contributed by atoms with E-state index in [-0.39, 0.29) is 23.7 Å². The van der Waals surface area contributed by atoms with Crippen molar-refractivity contribution >= 4 is 23.4 Å². The van der Waals surface area contributed by atoms with Gasteiger partial charge in [0.2, 0.25) is 5.91 Å². The molecule has 1 heterocycles. The van der Waals surface area contributed by atoms with Crippen LogP contribution < -0.4 is 14.8 Å². The van der Waals surface area contributed by atoms with E-state index in [1.54, 1.807) is 43.4 Å². The van der Waals surface area contributed by atoms with Gasteiger partial charge in [0.15, 0.2) is 11.5 Å². The second-order valence-electron chi connectivity index (χ2n) is 8.17. The summed E-state index contributed by atoms with van der Waals surface area (Å²) in [6, 6.07) is 12.6. The van der Waals surface area contributed by atoms with Crippen LogP contribution in [0.4, 0.5) is 0 Å². The van der Waals surface area contributed by atoms with Crippen LogP contribution in [0.15, 0.2) is 42.5 Å². The molecule has 2 aliphatic rings. The molecule has 4 rings (SSSR count). The molecule has 2 fully saturated rings. The summed E-state index contributed by atoms with van der Waals surface area (Å²) in [4.78, 5) is 28.1. The van der Waals surface area contributed by atoms with Crippen molar-refractivity contribution in [3.63, 3.8) is 0 Å². The van der Waals surface area contributed by atoms with E-state index in [4.69, 9.17) is 21.1 Å². The van der Waals surface area contributed by atoms with Gasteiger partial charge in [-0.3, -0.25) is 9.59 Å². The molecule has 31 heavy (non-hydrogen) atoms. The first-order valence-corrected chi connectivity index (χ1v) is 10.9. The second kappa shape index (κ2) is 9.18. The fraction of sp³-hybridized carbons (Fsp3) is 0.417. The molecule has 164 valence electrons. The molecule has 1 saturated heterocycles. The van der Waals surface area contributed by atoms with Crippen molar-refractivity contribution < 1.29 is 19.1 Å². The van der Waals surface area contributed by atoms with Gasteiger partial charge in [0, 0.05) is 31.1 Å². The highest BCUT2D eigenvalue weighted by Gasteiger charge is 2.42. The van der Waals surface area contributed by atoms with E-state index >= 15 is 0 Å². The van der Waals surface area contributed by atoms with E-state index < -0.39 is 0 Å². The third kappa shape index (κ3) is 4.49. The van der Waals surface area contributed by atoms with Crippen LogP contribution in [0.3, 0.4) is 0 Å². The number of likely N-dealkylation sites (tertiary alicyclic amines) is 1. The maximum absolute atomic E-state index is 13.2. The Morgan fingerprint density at radius 1 is 1.06 bits per heavy atom. The molecule has 2 atom stereocenters. The van der Waals surface area contributed by atoms with Gasteiger partial charge < -0.3 is 19.7 Å². The molecular weight excluding hydrogens is 416 g/mol. The summed E-state index contributed by atoms with van der Waals surface area (Å²) in [5, 5.41) is 3.50. The molecule has 6 nitrogen and oxygen atoms in total. The zero-order valence-corrected chi connectivity index (χ0v) is 18.5. The van der Waals surface area contributed by atoms with E-state index in [0.29, 0.717) is 47.6 Å². The normalized spacial score (nSPS) is 20.4. The third-order valence-corrected chi connectivity index (χ3v) is 6.47. The first kappa shape index (κ1) is 21.5. The summed E-state index contributed by atoms with van der Waals surface area (Å²) in [5.41, 5.74) is 1.31. The lowest BCUT2D eigenvalue weighted by Crippen LogP contribution is -2.36. The van der Waals surface area contributed by atoms with Crippen molar-refractivity contribution in [3.8, 4) is 11.5 Å². The molecule has 1 aliphatic carbocycles. The number of amides is 2. The Kier molecular flexibility index (Phi) is 6.37. The maximum Gasteiger partial charge on any atom is 0.255 e. The van der Waals surface area contributed by atoms with Gasteiger partial charge in [0.05, 0.1) is 30.7 Å². The number of halogens is 1. The number of nitrogens with zero attached hydrogens (tertiary/aromatic N) is 1. The standard InChI is InChI=1S/C24H27ClN2O4/c1-30-21-9-5-7-16(22(21)31-2)18-13-27(24(29)17-6-3-4-8-20(17)25)14-19(18)23(28)26-12-15-10-11-15/h3-9,15,18-19H,10-14H2,1-2H3,(H,26,28)/t18-,19+/m1/s1. The van der Waals surface area contributed by atoms with E-state index in [1.165, 1.54) is 0 Å². The second-order valence-corrected chi connectivity index (χ2v) is 8.58. The zero-order valence-electron chi connectivity index (χ0n) is 17.8. The van der Waals surface area contributed by atoms with Gasteiger partial charge in [0.25, 0.3) is 5.91 Å². The van der Waals surface area contributed by atoms with Crippen LogP contribution >= 0.6 is 11.6 Å². The molecule has 0 aromatic heterocycles. The van der Waals surface area contributed by atoms with Gasteiger partial charge in [-0.2, -0.15) is 0 Å². The fourth-order valence-electron chi connectivity index (χ4n) is 4.26. The molecule has 2 aromatic rings. The van der Waals surface area contributed by atoms with Crippen molar-refractivity contribution in [2.45, 2.75) is 18.8 Å². The van der Waals surface area contributed by atoms with Gasteiger partial charge in [0.1, 0.15) is 0 Å². The van der Waals surface area contributed by atoms with Gasteiger partial charge in [-0.05, 0) is 37.0 Å². The number of hydrogen-bond acceptors (Lipinski definition) is 4. The SMILES string of the molecule is COc1cccc([C@H]2CN(C(=O)c3ccccc3Cl)C[C@@H]2C(=O)NCC2CC2)c1OC. The predicted molar refractivity (Wildman–Crippen MR) is 119 cm³/mol. The molecule has 7 heteroatoms. The largest absolute Gasteiger partial charge is 0.493 e. The summed E-state index contributed by atoms with van der Waals surface area (Å²) in [7, 11) is 3.18. The Balaban J connectivity index is 1.64. The van der Waals surface area contributed by atoms with Crippen molar-refractivity contribution in [3.05, 3.63) is 58.6 Å². The first-order chi connectivity index (χ1) is 15.0. The molecule has 0 radical (unpaired) electrons. The molecule has 1 N–H and O–H groups in total. The summed E-state index contributed by atoms with van der Waals surface area (Å²) in [6.07, 6.45) is 2.32. The molecular formula is C24H27ClN2O4. The average molecular weight is 443 g/mol. The van der Waals surface area contributed by atoms with Gasteiger partial charge in [-0.1, -0.05) is 35.9 Å². The van der Waals surface area contributed by atoms with Crippen molar-refractivity contribution in [1.82, 2.24) is 10.2 Å². The number of hydrogen-bond donors (Lipinski definition) is 1. The lowest BCUT2D eigenvalue weighted by molar-refractivity contribution is -0.125. The van der Waals surface area contributed by atoms with Crippen molar-refractivity contribution in [1.29, 1.82) is 0 Å². The average Bonchev–Trinajstić information content (AvgIpc) is 3.52. The van der Waals surface area contributed by atoms with Crippen molar-refractivity contribution in [2.24, 2.45) is 11.8 Å². The number of ether oxygens (including phenoxy) is 2. The zero-order chi connectivity index (χ0) is 22.0. The number of para-hydroxylation sites is 1. The molecule has 2 amide bonds. The monoisotopic (exact) mass is 442 g/mol. The van der Waals surface area contributed by atoms with Gasteiger partial charge in [-0.25, -0.2) is 0 Å². The van der Waals surface area contributed by atoms with Crippen molar-refractivity contribution in [2.75, 3.05) is 33.9 Å². The highest BCUT2D eigenvalue weighted by Crippen LogP contribution is 2.42. The summed E-state index contributed by atoms with van der Waals surface area (Å²) in [5.74, 6) is 0.985. The number of rotatable bonds is 7. The molecule has 2 aromatic carbocycles. The van der Waals surface area contributed by atoms with Crippen LogP contribution in [0.5, 0.6) is 11.5 Å². The summed E-state index contributed by atoms with van der Waals surface area (Å²) >= 11 is 6.27. The lowest BCUT2D eigenvalue weighted by atomic mass is 9.87. The molecule has 0 unspecified atom stereocenters. The summed E-state index contributed by atoms with van der Waals surface area (Å²) < 4.78 is 11.1. The van der Waals surface area contributed by atoms with Crippen LogP contribution in [0, 0.1) is 11.8 Å². The maximum atomic E-state index is 13.2. The quantitative estimate of drug-likeness (QED) is 0.709. The van der Waals surface area contributed by atoms with Crippen LogP contribution in [0.25, 0.3) is 0 Å². The van der Waals surface area contributed by atoms with Crippen LogP contribution in [-0.4, -0.2) is 50.6 Å². The predicted octanol–water partition coefficient (Wildman–Crippen LogP) is 3.74. The Morgan fingerprint density at radius 3 is 2.52 bits per heavy atom. The molecule has 0 spiro atoms. The number of nitrogens with one attached hydrogen (secondary N) is 1. The Bertz CT molecular complexity index is 976. The van der Waals surface area contributed by atoms with E-state index in [1.807, 2.05) is 18.2 Å². The van der Waals surface area contributed by atoms with Crippen LogP contribution in [-0.2, 0) is 4.79 Å². The number of carbonyl (C=O) groups is 2. The molecule has 1 aliphatic heterocycles. The topological polar surface area (TPSA) is 67.9 Å². The first-order valence-electron chi connectivity index (χ1n) is 10.6. The minimum absolute atomic E-state index is 0.0313. The van der Waals surface area contributed by atoms with Crippen LogP contribution in [0.1, 0.15) is 34.7 Å². The highest BCUT2D eigenvalue weighted by atomic mass is 35.5. The highest BCUT2D eigenvalue weighted by molar-refractivity contribution is 6.33. The Hall–Kier alpha value is -2.73. The smallest absolute Gasteiger partial charge is 0.255 e. The minimum atomic E-state index is -0.383. The van der Waals surface area contributed by atoms with Crippen LogP contribution in [0.2, 0.25) is 5.02 Å². The van der Waals surface area contributed by atoms with Gasteiger partial charge >= 0.3 is 0 Å².